The molecule has 1 amide bonds. The van der Waals surface area contributed by atoms with Crippen molar-refractivity contribution in [3.63, 3.8) is 0 Å². The molecule has 0 saturated carbocycles. The Hall–Kier alpha value is -2.66. The summed E-state index contributed by atoms with van der Waals surface area (Å²) in [5, 5.41) is 11.9. The van der Waals surface area contributed by atoms with Crippen LogP contribution in [0.2, 0.25) is 0 Å². The van der Waals surface area contributed by atoms with Crippen LogP contribution >= 0.6 is 0 Å². The molecular formula is C22H25NO4. The van der Waals surface area contributed by atoms with Gasteiger partial charge in [0.25, 0.3) is 5.91 Å². The predicted molar refractivity (Wildman–Crippen MR) is 102 cm³/mol. The second-order valence-corrected chi connectivity index (χ2v) is 6.96. The number of hydrogen-bond donors (Lipinski definition) is 2. The van der Waals surface area contributed by atoms with E-state index in [2.05, 4.69) is 23.5 Å². The van der Waals surface area contributed by atoms with Crippen LogP contribution in [0.1, 0.15) is 58.4 Å². The van der Waals surface area contributed by atoms with E-state index in [0.717, 1.165) is 18.4 Å². The van der Waals surface area contributed by atoms with Crippen LogP contribution in [0.25, 0.3) is 0 Å². The van der Waals surface area contributed by atoms with E-state index in [1.54, 1.807) is 24.3 Å². The first-order valence-corrected chi connectivity index (χ1v) is 9.35. The van der Waals surface area contributed by atoms with Gasteiger partial charge < -0.3 is 15.2 Å². The number of esters is 1. The van der Waals surface area contributed by atoms with Crippen molar-refractivity contribution in [2.24, 2.45) is 0 Å². The Morgan fingerprint density at radius 3 is 2.48 bits per heavy atom. The molecule has 0 aliphatic heterocycles. The van der Waals surface area contributed by atoms with E-state index in [0.29, 0.717) is 11.1 Å². The first-order valence-electron chi connectivity index (χ1n) is 9.35. The Kier molecular flexibility index (Phi) is 6.24. The van der Waals surface area contributed by atoms with E-state index in [-0.39, 0.29) is 25.2 Å². The maximum atomic E-state index is 12.1. The first kappa shape index (κ1) is 19.1. The summed E-state index contributed by atoms with van der Waals surface area (Å²) < 4.78 is 5.08. The number of aliphatic hydroxyl groups excluding tert-OH is 1. The molecule has 0 fully saturated rings. The van der Waals surface area contributed by atoms with Gasteiger partial charge in [-0.05, 0) is 67.0 Å². The molecule has 0 aromatic heterocycles. The highest BCUT2D eigenvalue weighted by Crippen LogP contribution is 2.24. The zero-order chi connectivity index (χ0) is 19.2. The Morgan fingerprint density at radius 1 is 1.07 bits per heavy atom. The lowest BCUT2D eigenvalue weighted by molar-refractivity contribution is -0.124. The van der Waals surface area contributed by atoms with Gasteiger partial charge in [-0.15, -0.1) is 0 Å². The van der Waals surface area contributed by atoms with Gasteiger partial charge in [0.2, 0.25) is 0 Å². The lowest BCUT2D eigenvalue weighted by atomic mass is 9.89. The van der Waals surface area contributed by atoms with Crippen LogP contribution in [0.3, 0.4) is 0 Å². The Balaban J connectivity index is 1.51. The van der Waals surface area contributed by atoms with Crippen molar-refractivity contribution in [1.82, 2.24) is 5.32 Å². The highest BCUT2D eigenvalue weighted by atomic mass is 16.5. The number of amides is 1. The number of carbonyl (C=O) groups is 2. The lowest BCUT2D eigenvalue weighted by Gasteiger charge is -2.20. The fraction of sp³-hybridized carbons (Fsp3) is 0.364. The molecule has 0 heterocycles. The zero-order valence-corrected chi connectivity index (χ0v) is 15.5. The van der Waals surface area contributed by atoms with Crippen LogP contribution < -0.4 is 5.32 Å². The second kappa shape index (κ2) is 8.82. The normalized spacial score (nSPS) is 14.1. The van der Waals surface area contributed by atoms with Crippen molar-refractivity contribution in [2.75, 3.05) is 6.61 Å². The molecule has 1 atom stereocenters. The molecule has 0 bridgehead atoms. The van der Waals surface area contributed by atoms with E-state index in [4.69, 9.17) is 9.84 Å². The van der Waals surface area contributed by atoms with Gasteiger partial charge in [-0.1, -0.05) is 30.3 Å². The van der Waals surface area contributed by atoms with Crippen molar-refractivity contribution in [3.8, 4) is 0 Å². The Labute approximate surface area is 159 Å². The van der Waals surface area contributed by atoms with Gasteiger partial charge in [0.05, 0.1) is 18.2 Å². The number of rotatable bonds is 6. The molecule has 0 unspecified atom stereocenters. The molecule has 2 aromatic rings. The summed E-state index contributed by atoms with van der Waals surface area (Å²) in [4.78, 5) is 24.1. The maximum absolute atomic E-state index is 12.1. The topological polar surface area (TPSA) is 75.6 Å². The van der Waals surface area contributed by atoms with Gasteiger partial charge in [0.1, 0.15) is 0 Å². The third-order valence-corrected chi connectivity index (χ3v) is 4.96. The molecule has 27 heavy (non-hydrogen) atoms. The molecule has 0 radical (unpaired) electrons. The molecule has 2 N–H and O–H groups in total. The molecular weight excluding hydrogens is 342 g/mol. The molecule has 142 valence electrons. The SMILES string of the molecule is C[C@H](NC(=O)COC(=O)c1ccc(CO)cc1)c1ccc2c(c1)CCCC2. The van der Waals surface area contributed by atoms with E-state index in [1.807, 2.05) is 6.92 Å². The third kappa shape index (κ3) is 4.95. The molecule has 1 aliphatic rings. The largest absolute Gasteiger partial charge is 0.452 e. The van der Waals surface area contributed by atoms with Crippen molar-refractivity contribution in [1.29, 1.82) is 0 Å². The van der Waals surface area contributed by atoms with E-state index in [9.17, 15) is 9.59 Å². The van der Waals surface area contributed by atoms with E-state index in [1.165, 1.54) is 24.0 Å². The van der Waals surface area contributed by atoms with Crippen molar-refractivity contribution in [2.45, 2.75) is 45.3 Å². The number of hydrogen-bond acceptors (Lipinski definition) is 4. The number of carbonyl (C=O) groups excluding carboxylic acids is 2. The van der Waals surface area contributed by atoms with Gasteiger partial charge >= 0.3 is 5.97 Å². The average Bonchev–Trinajstić information content (AvgIpc) is 2.71. The van der Waals surface area contributed by atoms with Gasteiger partial charge in [-0.2, -0.15) is 0 Å². The maximum Gasteiger partial charge on any atom is 0.338 e. The molecule has 0 saturated heterocycles. The molecule has 1 aliphatic carbocycles. The van der Waals surface area contributed by atoms with Crippen LogP contribution in [0.5, 0.6) is 0 Å². The summed E-state index contributed by atoms with van der Waals surface area (Å²) in [7, 11) is 0. The highest BCUT2D eigenvalue weighted by Gasteiger charge is 2.15. The van der Waals surface area contributed by atoms with E-state index >= 15 is 0 Å². The van der Waals surface area contributed by atoms with Crippen molar-refractivity contribution >= 4 is 11.9 Å². The number of ether oxygens (including phenoxy) is 1. The first-order chi connectivity index (χ1) is 13.1. The van der Waals surface area contributed by atoms with Crippen molar-refractivity contribution < 1.29 is 19.4 Å². The predicted octanol–water partition coefficient (Wildman–Crippen LogP) is 3.09. The van der Waals surface area contributed by atoms with Crippen LogP contribution in [0.15, 0.2) is 42.5 Å². The smallest absolute Gasteiger partial charge is 0.338 e. The fourth-order valence-electron chi connectivity index (χ4n) is 3.35. The third-order valence-electron chi connectivity index (χ3n) is 4.96. The molecule has 3 rings (SSSR count). The van der Waals surface area contributed by atoms with Crippen LogP contribution in [0.4, 0.5) is 0 Å². The minimum atomic E-state index is -0.559. The summed E-state index contributed by atoms with van der Waals surface area (Å²) in [6.45, 7) is 1.52. The fourth-order valence-corrected chi connectivity index (χ4v) is 3.35. The lowest BCUT2D eigenvalue weighted by Crippen LogP contribution is -2.31. The van der Waals surface area contributed by atoms with Crippen LogP contribution in [-0.4, -0.2) is 23.6 Å². The van der Waals surface area contributed by atoms with Crippen LogP contribution in [0, 0.1) is 0 Å². The van der Waals surface area contributed by atoms with Gasteiger partial charge in [-0.3, -0.25) is 4.79 Å². The van der Waals surface area contributed by atoms with Gasteiger partial charge in [-0.25, -0.2) is 4.79 Å². The summed E-state index contributed by atoms with van der Waals surface area (Å²) in [5.74, 6) is -0.892. The van der Waals surface area contributed by atoms with Crippen LogP contribution in [-0.2, 0) is 29.0 Å². The standard InChI is InChI=1S/C22H25NO4/c1-15(19-11-10-17-4-2-3-5-20(17)12-19)23-21(25)14-27-22(26)18-8-6-16(13-24)7-9-18/h6-12,15,24H,2-5,13-14H2,1H3,(H,23,25)/t15-/m0/s1. The monoisotopic (exact) mass is 367 g/mol. The summed E-state index contributed by atoms with van der Waals surface area (Å²) >= 11 is 0. The summed E-state index contributed by atoms with van der Waals surface area (Å²) in [6, 6.07) is 12.7. The Morgan fingerprint density at radius 2 is 1.78 bits per heavy atom. The minimum absolute atomic E-state index is 0.0850. The van der Waals surface area contributed by atoms with Gasteiger partial charge in [0, 0.05) is 0 Å². The van der Waals surface area contributed by atoms with Gasteiger partial charge in [0.15, 0.2) is 6.61 Å². The molecule has 2 aromatic carbocycles. The average molecular weight is 367 g/mol. The number of fused-ring (bicyclic) bond motifs is 1. The second-order valence-electron chi connectivity index (χ2n) is 6.96. The zero-order valence-electron chi connectivity index (χ0n) is 15.5. The number of benzene rings is 2. The van der Waals surface area contributed by atoms with E-state index < -0.39 is 5.97 Å². The molecule has 0 spiro atoms. The summed E-state index contributed by atoms with van der Waals surface area (Å²) in [5.41, 5.74) is 4.91. The number of aliphatic hydroxyl groups is 1. The molecule has 5 nitrogen and oxygen atoms in total. The minimum Gasteiger partial charge on any atom is -0.452 e. The van der Waals surface area contributed by atoms with Crippen molar-refractivity contribution in [3.05, 3.63) is 70.3 Å². The molecule has 5 heteroatoms. The quantitative estimate of drug-likeness (QED) is 0.770. The Bertz CT molecular complexity index is 814. The number of nitrogens with one attached hydrogen (secondary N) is 1. The highest BCUT2D eigenvalue weighted by molar-refractivity contribution is 5.91. The summed E-state index contributed by atoms with van der Waals surface area (Å²) in [6.07, 6.45) is 4.68. The number of aryl methyl sites for hydroxylation is 2.